The fourth-order valence-corrected chi connectivity index (χ4v) is 8.74. The van der Waals surface area contributed by atoms with Crippen LogP contribution in [0, 0.1) is 17.7 Å². The number of amides is 1. The average Bonchev–Trinajstić information content (AvgIpc) is 3.70. The van der Waals surface area contributed by atoms with Crippen LogP contribution in [0.5, 0.6) is 11.8 Å². The number of anilines is 2. The van der Waals surface area contributed by atoms with Crippen LogP contribution in [0.3, 0.4) is 0 Å². The summed E-state index contributed by atoms with van der Waals surface area (Å²) >= 11 is 0. The first-order valence-electron chi connectivity index (χ1n) is 15.8. The lowest BCUT2D eigenvalue weighted by Gasteiger charge is -2.34. The number of phenols is 1. The number of ether oxygens (including phenoxy) is 1. The monoisotopic (exact) mass is 605 g/mol. The molecule has 1 aromatic heterocycles. The van der Waals surface area contributed by atoms with Crippen LogP contribution in [-0.4, -0.2) is 81.6 Å². The summed E-state index contributed by atoms with van der Waals surface area (Å²) in [6.07, 6.45) is 3.08. The minimum Gasteiger partial charge on any atom is -0.508 e. The normalized spacial score (nSPS) is 29.6. The summed E-state index contributed by atoms with van der Waals surface area (Å²) in [7, 11) is 0. The Hall–Kier alpha value is -3.57. The Morgan fingerprint density at radius 1 is 1.16 bits per heavy atom. The molecule has 0 spiro atoms. The predicted molar refractivity (Wildman–Crippen MR) is 160 cm³/mol. The van der Waals surface area contributed by atoms with Crippen LogP contribution in [0.2, 0.25) is 0 Å². The van der Waals surface area contributed by atoms with E-state index in [1.807, 2.05) is 6.92 Å². The van der Waals surface area contributed by atoms with Crippen molar-refractivity contribution in [3.05, 3.63) is 46.9 Å². The Kier molecular flexibility index (Phi) is 6.50. The second-order valence-electron chi connectivity index (χ2n) is 13.4. The van der Waals surface area contributed by atoms with Crippen molar-refractivity contribution in [1.29, 1.82) is 0 Å². The van der Waals surface area contributed by atoms with Gasteiger partial charge in [-0.3, -0.25) is 9.69 Å². The lowest BCUT2D eigenvalue weighted by molar-refractivity contribution is 0.0995. The summed E-state index contributed by atoms with van der Waals surface area (Å²) < 4.78 is 35.7. The molecular weight excluding hydrogens is 568 g/mol. The summed E-state index contributed by atoms with van der Waals surface area (Å²) in [4.78, 5) is 29.7. The molecule has 2 N–H and O–H groups in total. The molecular formula is C33H37F2N5O4. The molecule has 5 heterocycles. The molecule has 4 fully saturated rings. The summed E-state index contributed by atoms with van der Waals surface area (Å²) in [5, 5.41) is 22.5. The molecule has 11 heteroatoms. The number of aliphatic hydroxyl groups excluding tert-OH is 1. The number of aromatic nitrogens is 2. The Bertz CT molecular complexity index is 1670. The third-order valence-corrected chi connectivity index (χ3v) is 10.7. The molecule has 2 bridgehead atoms. The third-order valence-electron chi connectivity index (χ3n) is 10.7. The number of aryl methyl sites for hydroxylation is 1. The number of phenolic OH excluding ortho intramolecular Hbond substituents is 1. The number of carbonyl (C=O) groups excluding carboxylic acids is 1. The molecule has 3 aromatic rings. The molecule has 44 heavy (non-hydrogen) atoms. The lowest BCUT2D eigenvalue weighted by Crippen LogP contribution is -2.43. The van der Waals surface area contributed by atoms with Gasteiger partial charge < -0.3 is 24.7 Å². The second-order valence-corrected chi connectivity index (χ2v) is 13.4. The number of nitrogens with zero attached hydrogens (tertiary/aromatic N) is 5. The summed E-state index contributed by atoms with van der Waals surface area (Å²) in [6, 6.07) is 6.24. The van der Waals surface area contributed by atoms with Crippen molar-refractivity contribution in [2.45, 2.75) is 69.8 Å². The van der Waals surface area contributed by atoms with Gasteiger partial charge in [0.1, 0.15) is 35.7 Å². The number of halogens is 2. The SMILES string of the molecule is CCc1c(F)ccc2cc(O)cc(N3Cc4nc(OCC56CCCN5CC(F)C6)nc(N5CC6CC(O)C(C6)C5)c4C3=O)c12. The fourth-order valence-electron chi connectivity index (χ4n) is 8.74. The van der Waals surface area contributed by atoms with Gasteiger partial charge in [0.05, 0.1) is 29.6 Å². The Balaban J connectivity index is 1.20. The number of piperidine rings is 1. The zero-order chi connectivity index (χ0) is 30.3. The highest BCUT2D eigenvalue weighted by Crippen LogP contribution is 2.44. The number of aromatic hydroxyl groups is 1. The van der Waals surface area contributed by atoms with Gasteiger partial charge in [-0.15, -0.1) is 0 Å². The van der Waals surface area contributed by atoms with Gasteiger partial charge in [-0.25, -0.2) is 8.78 Å². The van der Waals surface area contributed by atoms with Crippen LogP contribution >= 0.6 is 0 Å². The van der Waals surface area contributed by atoms with E-state index in [-0.39, 0.29) is 54.2 Å². The standard InChI is InChI=1S/C33H37F2N5O4/c1-2-23-24(35)5-4-19-10-22(41)11-26(28(19)23)40-16-25-29(31(40)43)30(38-13-18-8-20(14-38)27(42)9-18)37-32(36-25)44-17-33-6-3-7-39(33)15-21(34)12-33/h4-5,10-11,18,20-21,27,41-42H,2-3,6-9,12-17H2,1H3. The van der Waals surface area contributed by atoms with Crippen LogP contribution in [-0.2, 0) is 13.0 Å². The number of hydrogen-bond acceptors (Lipinski definition) is 8. The van der Waals surface area contributed by atoms with E-state index in [4.69, 9.17) is 14.7 Å². The van der Waals surface area contributed by atoms with E-state index in [0.29, 0.717) is 77.5 Å². The zero-order valence-electron chi connectivity index (χ0n) is 24.8. The topological polar surface area (TPSA) is 102 Å². The molecule has 0 radical (unpaired) electrons. The van der Waals surface area contributed by atoms with Crippen molar-refractivity contribution in [3.63, 3.8) is 0 Å². The van der Waals surface area contributed by atoms with Crippen molar-refractivity contribution in [2.24, 2.45) is 11.8 Å². The Labute approximate surface area is 254 Å². The first-order valence-corrected chi connectivity index (χ1v) is 15.8. The minimum absolute atomic E-state index is 0.0232. The number of carbonyl (C=O) groups is 1. The van der Waals surface area contributed by atoms with E-state index >= 15 is 0 Å². The van der Waals surface area contributed by atoms with E-state index in [2.05, 4.69) is 9.80 Å². The van der Waals surface area contributed by atoms with Crippen LogP contribution in [0.25, 0.3) is 10.8 Å². The van der Waals surface area contributed by atoms with E-state index in [1.54, 1.807) is 17.0 Å². The molecule has 4 aliphatic heterocycles. The Morgan fingerprint density at radius 2 is 2.02 bits per heavy atom. The molecule has 1 amide bonds. The van der Waals surface area contributed by atoms with Crippen molar-refractivity contribution in [3.8, 4) is 11.8 Å². The number of alkyl halides is 1. The summed E-state index contributed by atoms with van der Waals surface area (Å²) in [5.74, 6) is 0.148. The van der Waals surface area contributed by atoms with Crippen LogP contribution in [0.15, 0.2) is 24.3 Å². The number of aliphatic hydroxyl groups is 1. The molecule has 5 aliphatic rings. The van der Waals surface area contributed by atoms with Gasteiger partial charge in [0.25, 0.3) is 5.91 Å². The maximum Gasteiger partial charge on any atom is 0.318 e. The quantitative estimate of drug-likeness (QED) is 0.428. The van der Waals surface area contributed by atoms with Gasteiger partial charge in [-0.05, 0) is 67.6 Å². The highest BCUT2D eigenvalue weighted by Gasteiger charge is 2.50. The lowest BCUT2D eigenvalue weighted by atomic mass is 9.95. The smallest absolute Gasteiger partial charge is 0.318 e. The van der Waals surface area contributed by atoms with Crippen molar-refractivity contribution >= 4 is 28.2 Å². The van der Waals surface area contributed by atoms with E-state index in [1.165, 1.54) is 12.1 Å². The van der Waals surface area contributed by atoms with Gasteiger partial charge in [0.2, 0.25) is 0 Å². The number of hydrogen-bond donors (Lipinski definition) is 2. The van der Waals surface area contributed by atoms with Gasteiger partial charge in [0, 0.05) is 43.4 Å². The number of benzene rings is 2. The molecule has 3 saturated heterocycles. The Morgan fingerprint density at radius 3 is 2.84 bits per heavy atom. The van der Waals surface area contributed by atoms with Gasteiger partial charge in [0.15, 0.2) is 0 Å². The highest BCUT2D eigenvalue weighted by atomic mass is 19.1. The van der Waals surface area contributed by atoms with Gasteiger partial charge in [-0.2, -0.15) is 9.97 Å². The molecule has 9 nitrogen and oxygen atoms in total. The number of rotatable bonds is 6. The van der Waals surface area contributed by atoms with Crippen molar-refractivity contribution in [2.75, 3.05) is 42.6 Å². The summed E-state index contributed by atoms with van der Waals surface area (Å²) in [5.41, 5.74) is 1.38. The van der Waals surface area contributed by atoms with E-state index < -0.39 is 6.17 Å². The molecule has 5 unspecified atom stereocenters. The number of fused-ring (bicyclic) bond motifs is 5. The highest BCUT2D eigenvalue weighted by molar-refractivity contribution is 6.16. The zero-order valence-corrected chi connectivity index (χ0v) is 24.8. The van der Waals surface area contributed by atoms with E-state index in [9.17, 15) is 23.8 Å². The molecule has 1 aliphatic carbocycles. The van der Waals surface area contributed by atoms with Crippen molar-refractivity contribution in [1.82, 2.24) is 14.9 Å². The molecule has 2 aromatic carbocycles. The van der Waals surface area contributed by atoms with Crippen molar-refractivity contribution < 1.29 is 28.5 Å². The summed E-state index contributed by atoms with van der Waals surface area (Å²) in [6.45, 7) is 4.72. The average molecular weight is 606 g/mol. The minimum atomic E-state index is -0.883. The van der Waals surface area contributed by atoms with Crippen LogP contribution in [0.4, 0.5) is 20.3 Å². The maximum atomic E-state index is 15.0. The third kappa shape index (κ3) is 4.34. The maximum absolute atomic E-state index is 15.0. The van der Waals surface area contributed by atoms with E-state index in [0.717, 1.165) is 32.2 Å². The first kappa shape index (κ1) is 27.9. The van der Waals surface area contributed by atoms with Gasteiger partial charge in [-0.1, -0.05) is 13.0 Å². The largest absolute Gasteiger partial charge is 0.508 e. The van der Waals surface area contributed by atoms with Gasteiger partial charge >= 0.3 is 6.01 Å². The second kappa shape index (κ2) is 10.2. The van der Waals surface area contributed by atoms with Crippen LogP contribution < -0.4 is 14.5 Å². The first-order chi connectivity index (χ1) is 21.2. The predicted octanol–water partition coefficient (Wildman–Crippen LogP) is 4.36. The molecule has 232 valence electrons. The molecule has 5 atom stereocenters. The molecule has 8 rings (SSSR count). The fraction of sp³-hybridized carbons (Fsp3) is 0.545. The van der Waals surface area contributed by atoms with Crippen LogP contribution in [0.1, 0.15) is 60.6 Å². The molecule has 1 saturated carbocycles.